The van der Waals surface area contributed by atoms with E-state index in [1.165, 1.54) is 48.9 Å². The van der Waals surface area contributed by atoms with Gasteiger partial charge in [-0.15, -0.1) is 0 Å². The maximum absolute atomic E-state index is 12.3. The van der Waals surface area contributed by atoms with Gasteiger partial charge in [0.2, 0.25) is 5.91 Å². The van der Waals surface area contributed by atoms with Crippen LogP contribution in [0.5, 0.6) is 0 Å². The van der Waals surface area contributed by atoms with Gasteiger partial charge < -0.3 is 4.90 Å². The molecular weight excluding hydrogens is 344 g/mol. The second-order valence-corrected chi connectivity index (χ2v) is 8.43. The van der Waals surface area contributed by atoms with Crippen molar-refractivity contribution in [1.29, 1.82) is 0 Å². The van der Waals surface area contributed by atoms with Crippen LogP contribution in [-0.4, -0.2) is 41.9 Å². The molecule has 2 aliphatic rings. The molecule has 0 aromatic heterocycles. The number of carbonyl (C=O) groups is 1. The predicted molar refractivity (Wildman–Crippen MR) is 115 cm³/mol. The van der Waals surface area contributed by atoms with Gasteiger partial charge in [-0.1, -0.05) is 54.6 Å². The molecule has 1 atom stereocenters. The smallest absolute Gasteiger partial charge is 0.222 e. The standard InChI is InChI=1S/C25H32N2O/c28-25(27-17-4-5-18-27)15-12-21-7-6-16-26(19-21)20-22-10-13-24(14-11-22)23-8-2-1-3-9-23/h1-3,8-11,13-14,21H,4-7,12,15-20H2/t21-/m0/s1. The van der Waals surface area contributed by atoms with Crippen molar-refractivity contribution in [3.05, 3.63) is 60.2 Å². The highest BCUT2D eigenvalue weighted by Gasteiger charge is 2.23. The van der Waals surface area contributed by atoms with Crippen LogP contribution in [0.2, 0.25) is 0 Å². The van der Waals surface area contributed by atoms with Crippen LogP contribution in [-0.2, 0) is 11.3 Å². The number of hydrogen-bond donors (Lipinski definition) is 0. The summed E-state index contributed by atoms with van der Waals surface area (Å²) in [6, 6.07) is 19.6. The van der Waals surface area contributed by atoms with Crippen LogP contribution in [0.25, 0.3) is 11.1 Å². The average molecular weight is 377 g/mol. The predicted octanol–water partition coefficient (Wildman–Crippen LogP) is 4.97. The van der Waals surface area contributed by atoms with Crippen molar-refractivity contribution in [3.8, 4) is 11.1 Å². The van der Waals surface area contributed by atoms with Crippen LogP contribution >= 0.6 is 0 Å². The molecule has 2 saturated heterocycles. The fourth-order valence-corrected chi connectivity index (χ4v) is 4.67. The molecule has 1 amide bonds. The van der Waals surface area contributed by atoms with E-state index >= 15 is 0 Å². The maximum Gasteiger partial charge on any atom is 0.222 e. The van der Waals surface area contributed by atoms with Gasteiger partial charge in [-0.05, 0) is 61.3 Å². The van der Waals surface area contributed by atoms with Crippen molar-refractivity contribution in [2.45, 2.75) is 45.1 Å². The highest BCUT2D eigenvalue weighted by Crippen LogP contribution is 2.24. The molecule has 3 heteroatoms. The fourth-order valence-electron chi connectivity index (χ4n) is 4.67. The van der Waals surface area contributed by atoms with Crippen LogP contribution in [0.1, 0.15) is 44.1 Å². The van der Waals surface area contributed by atoms with E-state index in [1.54, 1.807) is 0 Å². The van der Waals surface area contributed by atoms with Gasteiger partial charge in [-0.25, -0.2) is 0 Å². The zero-order chi connectivity index (χ0) is 19.2. The molecule has 28 heavy (non-hydrogen) atoms. The molecule has 4 rings (SSSR count). The molecule has 0 aliphatic carbocycles. The van der Waals surface area contributed by atoms with Gasteiger partial charge in [0, 0.05) is 32.6 Å². The van der Waals surface area contributed by atoms with Crippen molar-refractivity contribution in [1.82, 2.24) is 9.80 Å². The number of carbonyl (C=O) groups excluding carboxylic acids is 1. The molecule has 0 saturated carbocycles. The summed E-state index contributed by atoms with van der Waals surface area (Å²) in [5.41, 5.74) is 3.93. The Morgan fingerprint density at radius 1 is 0.857 bits per heavy atom. The number of hydrogen-bond acceptors (Lipinski definition) is 2. The molecule has 0 spiro atoms. The van der Waals surface area contributed by atoms with E-state index in [2.05, 4.69) is 64.4 Å². The Morgan fingerprint density at radius 2 is 1.57 bits per heavy atom. The van der Waals surface area contributed by atoms with Crippen LogP contribution in [0.4, 0.5) is 0 Å². The first-order chi connectivity index (χ1) is 13.8. The number of piperidine rings is 1. The quantitative estimate of drug-likeness (QED) is 0.711. The summed E-state index contributed by atoms with van der Waals surface area (Å²) in [6.07, 6.45) is 6.70. The minimum absolute atomic E-state index is 0.381. The van der Waals surface area contributed by atoms with Crippen LogP contribution in [0, 0.1) is 5.92 Å². The van der Waals surface area contributed by atoms with E-state index in [4.69, 9.17) is 0 Å². The van der Waals surface area contributed by atoms with Gasteiger partial charge in [0.25, 0.3) is 0 Å². The Labute approximate surface area is 169 Å². The Kier molecular flexibility index (Phi) is 6.43. The summed E-state index contributed by atoms with van der Waals surface area (Å²) in [7, 11) is 0. The molecule has 2 fully saturated rings. The first-order valence-electron chi connectivity index (χ1n) is 10.9. The normalized spacial score (nSPS) is 20.4. The van der Waals surface area contributed by atoms with Crippen LogP contribution in [0.3, 0.4) is 0 Å². The van der Waals surface area contributed by atoms with Crippen molar-refractivity contribution >= 4 is 5.91 Å². The molecular formula is C25H32N2O. The average Bonchev–Trinajstić information content (AvgIpc) is 3.29. The summed E-state index contributed by atoms with van der Waals surface area (Å²) in [6.45, 7) is 5.29. The van der Waals surface area contributed by atoms with Crippen molar-refractivity contribution in [2.75, 3.05) is 26.2 Å². The van der Waals surface area contributed by atoms with E-state index < -0.39 is 0 Å². The largest absolute Gasteiger partial charge is 0.343 e. The van der Waals surface area contributed by atoms with E-state index in [0.29, 0.717) is 11.8 Å². The lowest BCUT2D eigenvalue weighted by molar-refractivity contribution is -0.130. The molecule has 148 valence electrons. The Balaban J connectivity index is 1.27. The van der Waals surface area contributed by atoms with Gasteiger partial charge in [-0.2, -0.15) is 0 Å². The second kappa shape index (κ2) is 9.38. The molecule has 0 radical (unpaired) electrons. The van der Waals surface area contributed by atoms with Gasteiger partial charge in [-0.3, -0.25) is 9.69 Å². The van der Waals surface area contributed by atoms with Gasteiger partial charge in [0.15, 0.2) is 0 Å². The van der Waals surface area contributed by atoms with E-state index in [0.717, 1.165) is 39.0 Å². The van der Waals surface area contributed by atoms with E-state index in [-0.39, 0.29) is 0 Å². The number of likely N-dealkylation sites (tertiary alicyclic amines) is 2. The number of nitrogens with zero attached hydrogens (tertiary/aromatic N) is 2. The Bertz CT molecular complexity index is 750. The second-order valence-electron chi connectivity index (χ2n) is 8.43. The molecule has 0 N–H and O–H groups in total. The number of rotatable bonds is 6. The molecule has 0 unspecified atom stereocenters. The molecule has 2 aromatic carbocycles. The van der Waals surface area contributed by atoms with Crippen molar-refractivity contribution in [3.63, 3.8) is 0 Å². The zero-order valence-electron chi connectivity index (χ0n) is 16.9. The number of amides is 1. The van der Waals surface area contributed by atoms with Crippen molar-refractivity contribution < 1.29 is 4.79 Å². The Hall–Kier alpha value is -2.13. The van der Waals surface area contributed by atoms with Gasteiger partial charge in [0.1, 0.15) is 0 Å². The summed E-state index contributed by atoms with van der Waals surface area (Å²) >= 11 is 0. The summed E-state index contributed by atoms with van der Waals surface area (Å²) in [5.74, 6) is 1.05. The minimum atomic E-state index is 0.381. The third-order valence-corrected chi connectivity index (χ3v) is 6.30. The zero-order valence-corrected chi connectivity index (χ0v) is 16.9. The van der Waals surface area contributed by atoms with E-state index in [9.17, 15) is 4.79 Å². The van der Waals surface area contributed by atoms with Gasteiger partial charge >= 0.3 is 0 Å². The van der Waals surface area contributed by atoms with Crippen LogP contribution < -0.4 is 0 Å². The van der Waals surface area contributed by atoms with Crippen LogP contribution in [0.15, 0.2) is 54.6 Å². The molecule has 2 aromatic rings. The highest BCUT2D eigenvalue weighted by atomic mass is 16.2. The minimum Gasteiger partial charge on any atom is -0.343 e. The highest BCUT2D eigenvalue weighted by molar-refractivity contribution is 5.76. The SMILES string of the molecule is O=C(CC[C@@H]1CCCN(Cc2ccc(-c3ccccc3)cc2)C1)N1CCCC1. The first-order valence-corrected chi connectivity index (χ1v) is 10.9. The first kappa shape index (κ1) is 19.2. The lowest BCUT2D eigenvalue weighted by Crippen LogP contribution is -2.35. The molecule has 0 bridgehead atoms. The van der Waals surface area contributed by atoms with E-state index in [1.807, 2.05) is 0 Å². The Morgan fingerprint density at radius 3 is 2.32 bits per heavy atom. The maximum atomic E-state index is 12.3. The lowest BCUT2D eigenvalue weighted by atomic mass is 9.92. The topological polar surface area (TPSA) is 23.6 Å². The van der Waals surface area contributed by atoms with Crippen molar-refractivity contribution in [2.24, 2.45) is 5.92 Å². The number of benzene rings is 2. The monoisotopic (exact) mass is 376 g/mol. The summed E-state index contributed by atoms with van der Waals surface area (Å²) < 4.78 is 0. The fraction of sp³-hybridized carbons (Fsp3) is 0.480. The summed E-state index contributed by atoms with van der Waals surface area (Å²) in [4.78, 5) is 17.0. The summed E-state index contributed by atoms with van der Waals surface area (Å²) in [5, 5.41) is 0. The molecule has 2 aliphatic heterocycles. The third-order valence-electron chi connectivity index (χ3n) is 6.30. The molecule has 3 nitrogen and oxygen atoms in total. The lowest BCUT2D eigenvalue weighted by Gasteiger charge is -2.33. The molecule has 2 heterocycles. The third kappa shape index (κ3) is 5.02. The van der Waals surface area contributed by atoms with Gasteiger partial charge in [0.05, 0.1) is 0 Å².